The minimum absolute atomic E-state index is 0.0184. The summed E-state index contributed by atoms with van der Waals surface area (Å²) >= 11 is 2.54. The molecule has 0 aliphatic carbocycles. The van der Waals surface area contributed by atoms with Gasteiger partial charge in [0.1, 0.15) is 21.0 Å². The number of amides is 1. The molecule has 4 aromatic rings. The first-order chi connectivity index (χ1) is 13.5. The lowest BCUT2D eigenvalue weighted by molar-refractivity contribution is 0.170. The number of rotatable bonds is 4. The molecule has 2 N–H and O–H groups in total. The highest BCUT2D eigenvalue weighted by Crippen LogP contribution is 2.36. The number of methoxy groups -OCH3 is 1. The van der Waals surface area contributed by atoms with E-state index in [1.54, 1.807) is 5.38 Å². The van der Waals surface area contributed by atoms with E-state index in [1.807, 2.05) is 6.92 Å². The van der Waals surface area contributed by atoms with Crippen LogP contribution in [0.1, 0.15) is 10.7 Å². The molecule has 1 amide bonds. The molecule has 8 nitrogen and oxygen atoms in total. The molecular formula is C16H12F2N6O2S2. The predicted octanol–water partition coefficient (Wildman–Crippen LogP) is 3.65. The Kier molecular flexibility index (Phi) is 4.73. The first-order valence-electron chi connectivity index (χ1n) is 7.91. The summed E-state index contributed by atoms with van der Waals surface area (Å²) in [6, 6.07) is 1.41. The highest BCUT2D eigenvalue weighted by Gasteiger charge is 2.20. The molecule has 0 atom stereocenters. The van der Waals surface area contributed by atoms with E-state index in [9.17, 15) is 13.6 Å². The lowest BCUT2D eigenvalue weighted by Gasteiger charge is -2.01. The zero-order chi connectivity index (χ0) is 19.8. The number of alkyl carbamates (subject to hydrolysis) is 1. The molecule has 3 heterocycles. The smallest absolute Gasteiger partial charge is 0.407 e. The zero-order valence-electron chi connectivity index (χ0n) is 14.5. The van der Waals surface area contributed by atoms with Crippen molar-refractivity contribution in [3.63, 3.8) is 0 Å². The molecule has 3 aromatic heterocycles. The quantitative estimate of drug-likeness (QED) is 0.520. The van der Waals surface area contributed by atoms with Crippen LogP contribution in [-0.4, -0.2) is 38.6 Å². The number of hydrogen-bond acceptors (Lipinski definition) is 8. The average Bonchev–Trinajstić information content (AvgIpc) is 3.41. The third-order valence-electron chi connectivity index (χ3n) is 3.88. The largest absolute Gasteiger partial charge is 0.453 e. The van der Waals surface area contributed by atoms with Crippen LogP contribution in [0.25, 0.3) is 32.2 Å². The Balaban J connectivity index is 1.66. The standard InChI is InChI=1S/C16H12F2N6O2S2/c1-6-14(28-10(20-6)4-19-16(25)26-2)9-5-27-15(21-9)7-3-8-13(23-24-22-8)12(18)11(7)17/h3,5H,4H2,1-2H3,(H,19,25)(H,22,23,24). The van der Waals surface area contributed by atoms with Crippen molar-refractivity contribution in [1.29, 1.82) is 0 Å². The Morgan fingerprint density at radius 1 is 1.32 bits per heavy atom. The third-order valence-corrected chi connectivity index (χ3v) is 5.94. The number of thiazole rings is 2. The van der Waals surface area contributed by atoms with Gasteiger partial charge in [-0.05, 0) is 13.0 Å². The molecule has 28 heavy (non-hydrogen) atoms. The van der Waals surface area contributed by atoms with Crippen LogP contribution >= 0.6 is 22.7 Å². The Labute approximate surface area is 164 Å². The maximum absolute atomic E-state index is 14.5. The van der Waals surface area contributed by atoms with Gasteiger partial charge in [-0.25, -0.2) is 23.5 Å². The van der Waals surface area contributed by atoms with Crippen molar-refractivity contribution in [2.45, 2.75) is 13.5 Å². The highest BCUT2D eigenvalue weighted by molar-refractivity contribution is 7.16. The normalized spacial score (nSPS) is 11.1. The molecule has 0 saturated carbocycles. The van der Waals surface area contributed by atoms with Crippen LogP contribution in [0, 0.1) is 18.6 Å². The second-order valence-corrected chi connectivity index (χ2v) is 7.60. The lowest BCUT2D eigenvalue weighted by atomic mass is 10.2. The molecule has 0 unspecified atom stereocenters. The zero-order valence-corrected chi connectivity index (χ0v) is 16.2. The third kappa shape index (κ3) is 3.20. The summed E-state index contributed by atoms with van der Waals surface area (Å²) in [7, 11) is 1.28. The second-order valence-electron chi connectivity index (χ2n) is 5.66. The van der Waals surface area contributed by atoms with E-state index in [0.29, 0.717) is 15.7 Å². The van der Waals surface area contributed by atoms with Gasteiger partial charge in [-0.1, -0.05) is 5.21 Å². The molecule has 0 aliphatic heterocycles. The number of nitrogens with one attached hydrogen (secondary N) is 2. The molecule has 0 radical (unpaired) electrons. The average molecular weight is 422 g/mol. The summed E-state index contributed by atoms with van der Waals surface area (Å²) < 4.78 is 33.2. The summed E-state index contributed by atoms with van der Waals surface area (Å²) in [4.78, 5) is 20.8. The predicted molar refractivity (Wildman–Crippen MR) is 100 cm³/mol. The molecule has 12 heteroatoms. The van der Waals surface area contributed by atoms with Crippen molar-refractivity contribution < 1.29 is 18.3 Å². The number of aryl methyl sites for hydroxylation is 1. The number of aromatic amines is 1. The van der Waals surface area contributed by atoms with E-state index in [-0.39, 0.29) is 23.1 Å². The highest BCUT2D eigenvalue weighted by atomic mass is 32.1. The van der Waals surface area contributed by atoms with Gasteiger partial charge < -0.3 is 10.1 Å². The van der Waals surface area contributed by atoms with Crippen molar-refractivity contribution in [2.75, 3.05) is 7.11 Å². The van der Waals surface area contributed by atoms with Gasteiger partial charge in [0.05, 0.1) is 35.5 Å². The van der Waals surface area contributed by atoms with Gasteiger partial charge in [-0.2, -0.15) is 0 Å². The van der Waals surface area contributed by atoms with E-state index in [2.05, 4.69) is 35.4 Å². The number of nitrogens with zero attached hydrogens (tertiary/aromatic N) is 4. The van der Waals surface area contributed by atoms with Gasteiger partial charge in [0.25, 0.3) is 0 Å². The first-order valence-corrected chi connectivity index (χ1v) is 9.60. The number of H-pyrrole nitrogens is 1. The van der Waals surface area contributed by atoms with Gasteiger partial charge in [0.2, 0.25) is 0 Å². The summed E-state index contributed by atoms with van der Waals surface area (Å²) in [5.74, 6) is -2.05. The Morgan fingerprint density at radius 3 is 2.93 bits per heavy atom. The topological polar surface area (TPSA) is 106 Å². The van der Waals surface area contributed by atoms with Gasteiger partial charge in [0.15, 0.2) is 11.6 Å². The minimum atomic E-state index is -1.04. The summed E-state index contributed by atoms with van der Waals surface area (Å²) in [5.41, 5.74) is 1.47. The second kappa shape index (κ2) is 7.20. The van der Waals surface area contributed by atoms with Crippen LogP contribution in [0.2, 0.25) is 0 Å². The van der Waals surface area contributed by atoms with Crippen molar-refractivity contribution in [1.82, 2.24) is 30.7 Å². The molecule has 0 fully saturated rings. The van der Waals surface area contributed by atoms with Gasteiger partial charge in [-0.15, -0.1) is 27.8 Å². The lowest BCUT2D eigenvalue weighted by Crippen LogP contribution is -2.22. The SMILES string of the molecule is COC(=O)NCc1nc(C)c(-c2csc(-c3cc4nn[nH]c4c(F)c3F)n2)s1. The number of hydrogen-bond donors (Lipinski definition) is 2. The molecule has 0 saturated heterocycles. The summed E-state index contributed by atoms with van der Waals surface area (Å²) in [5, 5.41) is 14.9. The van der Waals surface area contributed by atoms with Crippen LogP contribution in [0.4, 0.5) is 13.6 Å². The fourth-order valence-corrected chi connectivity index (χ4v) is 4.43. The Morgan fingerprint density at radius 2 is 2.14 bits per heavy atom. The van der Waals surface area contributed by atoms with Crippen LogP contribution < -0.4 is 5.32 Å². The fraction of sp³-hybridized carbons (Fsp3) is 0.188. The molecule has 1 aromatic carbocycles. The van der Waals surface area contributed by atoms with Crippen molar-refractivity contribution in [2.24, 2.45) is 0 Å². The number of fused-ring (bicyclic) bond motifs is 1. The molecule has 0 aliphatic rings. The Hall–Kier alpha value is -2.99. The molecule has 0 bridgehead atoms. The monoisotopic (exact) mass is 422 g/mol. The summed E-state index contributed by atoms with van der Waals surface area (Å²) in [6.07, 6.45) is -0.550. The minimum Gasteiger partial charge on any atom is -0.453 e. The number of halogens is 2. The molecule has 4 rings (SSSR count). The van der Waals surface area contributed by atoms with Crippen LogP contribution in [0.3, 0.4) is 0 Å². The van der Waals surface area contributed by atoms with Crippen molar-refractivity contribution in [3.8, 4) is 21.1 Å². The molecule has 144 valence electrons. The number of benzene rings is 1. The molecule has 0 spiro atoms. The van der Waals surface area contributed by atoms with Crippen molar-refractivity contribution in [3.05, 3.63) is 33.8 Å². The fourth-order valence-electron chi connectivity index (χ4n) is 2.57. The van der Waals surface area contributed by atoms with E-state index in [1.165, 1.54) is 35.8 Å². The van der Waals surface area contributed by atoms with E-state index in [4.69, 9.17) is 0 Å². The van der Waals surface area contributed by atoms with Gasteiger partial charge >= 0.3 is 6.09 Å². The number of carbonyl (C=O) groups is 1. The van der Waals surface area contributed by atoms with E-state index in [0.717, 1.165) is 10.6 Å². The molecular weight excluding hydrogens is 410 g/mol. The van der Waals surface area contributed by atoms with Crippen LogP contribution in [0.5, 0.6) is 0 Å². The van der Waals surface area contributed by atoms with Crippen molar-refractivity contribution >= 4 is 39.8 Å². The maximum Gasteiger partial charge on any atom is 0.407 e. The van der Waals surface area contributed by atoms with Crippen LogP contribution in [-0.2, 0) is 11.3 Å². The number of aromatic nitrogens is 5. The van der Waals surface area contributed by atoms with Crippen LogP contribution in [0.15, 0.2) is 11.4 Å². The van der Waals surface area contributed by atoms with Gasteiger partial charge in [0, 0.05) is 5.38 Å². The van der Waals surface area contributed by atoms with Gasteiger partial charge in [-0.3, -0.25) is 5.10 Å². The first kappa shape index (κ1) is 18.4. The summed E-state index contributed by atoms with van der Waals surface area (Å²) in [6.45, 7) is 2.03. The Bertz CT molecular complexity index is 1190. The van der Waals surface area contributed by atoms with E-state index < -0.39 is 17.7 Å². The number of carbonyl (C=O) groups excluding carboxylic acids is 1. The maximum atomic E-state index is 14.5. The van der Waals surface area contributed by atoms with E-state index >= 15 is 0 Å². The number of ether oxygens (including phenoxy) is 1.